The Morgan fingerprint density at radius 3 is 1.69 bits per heavy atom. The average molecular weight is 581 g/mol. The molecule has 1 aliphatic rings. The Labute approximate surface area is 239 Å². The second-order valence-electron chi connectivity index (χ2n) is 9.14. The number of benzene rings is 3. The second-order valence-corrected chi connectivity index (χ2v) is 11.0. The van der Waals surface area contributed by atoms with Crippen LogP contribution >= 0.6 is 0 Å². The summed E-state index contributed by atoms with van der Waals surface area (Å²) in [7, 11) is 0. The zero-order valence-corrected chi connectivity index (χ0v) is 25.5. The Hall–Kier alpha value is -1.66. The van der Waals surface area contributed by atoms with E-state index in [2.05, 4.69) is 133 Å². The maximum atomic E-state index is 3.37. The van der Waals surface area contributed by atoms with Gasteiger partial charge in [-0.05, 0) is 0 Å². The van der Waals surface area contributed by atoms with Gasteiger partial charge in [-0.2, -0.15) is 11.6 Å². The molecule has 0 saturated carbocycles. The molecule has 0 nitrogen and oxygen atoms in total. The summed E-state index contributed by atoms with van der Waals surface area (Å²) in [5.74, 6) is 1.20. The molecule has 3 heteroatoms. The van der Waals surface area contributed by atoms with Gasteiger partial charge in [-0.25, -0.2) is 5.57 Å². The monoisotopic (exact) mass is 578 g/mol. The van der Waals surface area contributed by atoms with Crippen molar-refractivity contribution in [3.63, 3.8) is 0 Å². The fourth-order valence-electron chi connectivity index (χ4n) is 4.19. The van der Waals surface area contributed by atoms with Crippen molar-refractivity contribution in [2.75, 3.05) is 0 Å². The summed E-state index contributed by atoms with van der Waals surface area (Å²) in [6.45, 7) is 13.1. The molecule has 5 rings (SSSR count). The molecule has 0 radical (unpaired) electrons. The first-order valence-corrected chi connectivity index (χ1v) is 13.0. The molecular weight excluding hydrogens is 546 g/mol. The molecule has 0 bridgehead atoms. The first-order chi connectivity index (χ1) is 15.8. The van der Waals surface area contributed by atoms with Crippen LogP contribution in [0.1, 0.15) is 45.7 Å². The Kier molecular flexibility index (Phi) is 13.3. The Bertz CT molecular complexity index is 1240. The number of fused-ring (bicyclic) bond motifs is 3. The van der Waals surface area contributed by atoms with Gasteiger partial charge < -0.3 is 24.8 Å². The van der Waals surface area contributed by atoms with Crippen LogP contribution in [-0.2, 0) is 24.2 Å². The van der Waals surface area contributed by atoms with E-state index in [9.17, 15) is 0 Å². The van der Waals surface area contributed by atoms with Crippen molar-refractivity contribution in [1.29, 1.82) is 0 Å². The molecule has 4 aromatic carbocycles. The van der Waals surface area contributed by atoms with Crippen LogP contribution in [0.15, 0.2) is 96.1 Å². The predicted molar refractivity (Wildman–Crippen MR) is 143 cm³/mol. The topological polar surface area (TPSA) is 0 Å². The first kappa shape index (κ1) is 31.4. The average Bonchev–Trinajstić information content (AvgIpc) is 3.34. The van der Waals surface area contributed by atoms with Gasteiger partial charge in [-0.1, -0.05) is 75.9 Å². The normalized spacial score (nSPS) is 14.0. The van der Waals surface area contributed by atoms with Crippen LogP contribution in [-0.4, -0.2) is 3.21 Å². The van der Waals surface area contributed by atoms with Gasteiger partial charge in [0.2, 0.25) is 0 Å². The molecule has 182 valence electrons. The molecule has 0 saturated heterocycles. The zero-order valence-electron chi connectivity index (χ0n) is 21.5. The molecule has 1 aliphatic carbocycles. The van der Waals surface area contributed by atoms with Gasteiger partial charge in [0.15, 0.2) is 0 Å². The van der Waals surface area contributed by atoms with Crippen LogP contribution < -0.4 is 24.8 Å². The summed E-state index contributed by atoms with van der Waals surface area (Å²) in [5, 5.41) is 5.39. The molecule has 0 fully saturated rings. The van der Waals surface area contributed by atoms with Crippen LogP contribution in [0.5, 0.6) is 0 Å². The van der Waals surface area contributed by atoms with Crippen LogP contribution in [0.3, 0.4) is 0 Å². The van der Waals surface area contributed by atoms with Crippen LogP contribution in [0.4, 0.5) is 0 Å². The smallest absolute Gasteiger partial charge is 0.0771 e. The van der Waals surface area contributed by atoms with Crippen molar-refractivity contribution in [2.24, 2.45) is 11.8 Å². The van der Waals surface area contributed by atoms with Gasteiger partial charge in [0.05, 0.1) is 0 Å². The molecule has 4 aromatic rings. The molecule has 0 amide bonds. The number of allylic oxidation sites excluding steroid dienone is 4. The van der Waals surface area contributed by atoms with Crippen LogP contribution in [0, 0.1) is 24.8 Å². The van der Waals surface area contributed by atoms with Crippen molar-refractivity contribution in [1.82, 2.24) is 0 Å². The van der Waals surface area contributed by atoms with Crippen LogP contribution in [0.2, 0.25) is 0 Å². The van der Waals surface area contributed by atoms with Gasteiger partial charge >= 0.3 is 76.7 Å². The van der Waals surface area contributed by atoms with Crippen molar-refractivity contribution >= 4 is 24.8 Å². The Morgan fingerprint density at radius 1 is 0.829 bits per heavy atom. The quantitative estimate of drug-likeness (QED) is 0.320. The molecular formula is C32H34Cl2Zr-2. The van der Waals surface area contributed by atoms with E-state index in [0.29, 0.717) is 11.8 Å². The minimum atomic E-state index is 0. The second kappa shape index (κ2) is 14.8. The molecule has 35 heavy (non-hydrogen) atoms. The summed E-state index contributed by atoms with van der Waals surface area (Å²) in [4.78, 5) is 0. The van der Waals surface area contributed by atoms with Crippen molar-refractivity contribution in [2.45, 2.75) is 41.5 Å². The van der Waals surface area contributed by atoms with E-state index in [1.165, 1.54) is 71.3 Å². The third kappa shape index (κ3) is 8.75. The third-order valence-electron chi connectivity index (χ3n) is 5.94. The summed E-state index contributed by atoms with van der Waals surface area (Å²) in [6.07, 6.45) is 5.68. The standard InChI is InChI=1S/C13H9.C10H15.C9H10.2ClH.Zr/c1-3-7-12-10(5-1)9-11-6-2-4-8-13(11)12;1-7(2)10-6-8(3)5-9(10)4;1-3-9-6-4-8(2)5-7-9;;;/h1-9H;6-8H,1-4H3;4-7H,1-2H3;2*1H;/q2*-1;;;;+2/p-2. The van der Waals surface area contributed by atoms with Crippen molar-refractivity contribution in [3.05, 3.63) is 113 Å². The van der Waals surface area contributed by atoms with Gasteiger partial charge in [-0.3, -0.25) is 6.08 Å². The van der Waals surface area contributed by atoms with E-state index in [1.54, 1.807) is 0 Å². The maximum absolute atomic E-state index is 3.37. The van der Waals surface area contributed by atoms with Gasteiger partial charge in [0, 0.05) is 0 Å². The molecule has 0 heterocycles. The van der Waals surface area contributed by atoms with Crippen molar-refractivity contribution in [3.8, 4) is 0 Å². The molecule has 1 atom stereocenters. The summed E-state index contributed by atoms with van der Waals surface area (Å²) >= 11 is 1.51. The van der Waals surface area contributed by atoms with E-state index >= 15 is 0 Å². The van der Waals surface area contributed by atoms with Crippen molar-refractivity contribution < 1.29 is 49.0 Å². The SMILES string of the molecule is CC1=[C-]C(C)C=C1C(C)C.C[C](=[Zr+2])c1ccc(C)cc1.[Cl-].[Cl-].c1ccc2c(c1)[cH-]c1ccccc12. The fraction of sp³-hybridized carbons (Fsp3) is 0.250. The maximum Gasteiger partial charge on any atom is -0.0771 e. The first-order valence-electron chi connectivity index (χ1n) is 11.7. The third-order valence-corrected chi connectivity index (χ3v) is 6.65. The largest absolute Gasteiger partial charge is 1.00 e. The van der Waals surface area contributed by atoms with E-state index in [4.69, 9.17) is 0 Å². The van der Waals surface area contributed by atoms with Gasteiger partial charge in [0.1, 0.15) is 0 Å². The number of hydrogen-bond donors (Lipinski definition) is 0. The van der Waals surface area contributed by atoms with E-state index in [0.717, 1.165) is 0 Å². The van der Waals surface area contributed by atoms with E-state index < -0.39 is 0 Å². The zero-order chi connectivity index (χ0) is 24.0. The summed E-state index contributed by atoms with van der Waals surface area (Å²) < 4.78 is 1.46. The fourth-order valence-corrected chi connectivity index (χ4v) is 4.60. The summed E-state index contributed by atoms with van der Waals surface area (Å²) in [5.41, 5.74) is 5.54. The molecule has 0 N–H and O–H groups in total. The Balaban J connectivity index is 0.000000259. The number of halogens is 2. The molecule has 0 spiro atoms. The van der Waals surface area contributed by atoms with Crippen LogP contribution in [0.25, 0.3) is 21.5 Å². The molecule has 0 aliphatic heterocycles. The number of hydrogen-bond acceptors (Lipinski definition) is 0. The van der Waals surface area contributed by atoms with E-state index in [-0.39, 0.29) is 24.8 Å². The van der Waals surface area contributed by atoms with Gasteiger partial charge in [-0.15, -0.1) is 39.7 Å². The molecule has 1 unspecified atom stereocenters. The summed E-state index contributed by atoms with van der Waals surface area (Å²) in [6, 6.07) is 27.9. The minimum absolute atomic E-state index is 0. The Morgan fingerprint density at radius 2 is 1.31 bits per heavy atom. The van der Waals surface area contributed by atoms with E-state index in [1.807, 2.05) is 0 Å². The minimum Gasteiger partial charge on any atom is -1.00 e. The van der Waals surface area contributed by atoms with Gasteiger partial charge in [0.25, 0.3) is 0 Å². The number of rotatable bonds is 2. The number of aryl methyl sites for hydroxylation is 1. The molecule has 0 aromatic heterocycles. The predicted octanol–water partition coefficient (Wildman–Crippen LogP) is 2.77.